The van der Waals surface area contributed by atoms with E-state index in [0.717, 1.165) is 49.2 Å². The molecule has 9 heteroatoms. The number of hydrogen-bond acceptors (Lipinski definition) is 7. The fourth-order valence-corrected chi connectivity index (χ4v) is 5.38. The van der Waals surface area contributed by atoms with E-state index in [2.05, 4.69) is 25.6 Å². The van der Waals surface area contributed by atoms with Crippen LogP contribution in [0.1, 0.15) is 40.2 Å². The average molecular weight is 500 g/mol. The van der Waals surface area contributed by atoms with Crippen LogP contribution < -0.4 is 9.46 Å². The predicted octanol–water partition coefficient (Wildman–Crippen LogP) is 5.02. The summed E-state index contributed by atoms with van der Waals surface area (Å²) in [6.07, 6.45) is 3.45. The van der Waals surface area contributed by atoms with Crippen molar-refractivity contribution in [2.75, 3.05) is 36.9 Å². The summed E-state index contributed by atoms with van der Waals surface area (Å²) in [5.74, 6) is 7.15. The minimum Gasteiger partial charge on any atom is -0.438 e. The van der Waals surface area contributed by atoms with Crippen LogP contribution in [0.2, 0.25) is 0 Å². The Balaban J connectivity index is 0.00000111. The molecule has 0 aliphatic carbocycles. The Morgan fingerprint density at radius 2 is 2.09 bits per heavy atom. The van der Waals surface area contributed by atoms with Gasteiger partial charge in [-0.3, -0.25) is 9.69 Å². The van der Waals surface area contributed by atoms with E-state index in [-0.39, 0.29) is 23.9 Å². The van der Waals surface area contributed by atoms with Crippen LogP contribution in [0.15, 0.2) is 42.6 Å². The zero-order valence-electron chi connectivity index (χ0n) is 20.1. The third-order valence-corrected chi connectivity index (χ3v) is 6.97. The second kappa shape index (κ2) is 11.8. The molecule has 0 amide bonds. The van der Waals surface area contributed by atoms with E-state index >= 15 is 0 Å². The summed E-state index contributed by atoms with van der Waals surface area (Å²) in [6.45, 7) is 9.56. The van der Waals surface area contributed by atoms with Gasteiger partial charge in [-0.2, -0.15) is 0 Å². The third-order valence-electron chi connectivity index (χ3n) is 5.79. The number of imidazole rings is 1. The topological polar surface area (TPSA) is 81.0 Å². The lowest BCUT2D eigenvalue weighted by Gasteiger charge is -2.37. The first-order valence-corrected chi connectivity index (χ1v) is 13.2. The van der Waals surface area contributed by atoms with Gasteiger partial charge in [-0.25, -0.2) is 9.50 Å². The van der Waals surface area contributed by atoms with Gasteiger partial charge in [0.1, 0.15) is 11.5 Å². The van der Waals surface area contributed by atoms with Crippen molar-refractivity contribution in [1.29, 1.82) is 0 Å². The molecule has 190 valence electrons. The molecule has 1 atom stereocenters. The molecule has 5 rings (SSSR count). The van der Waals surface area contributed by atoms with Crippen LogP contribution in [0.4, 0.5) is 5.82 Å². The van der Waals surface area contributed by atoms with E-state index in [1.165, 1.54) is 6.42 Å². The molecule has 2 saturated heterocycles. The number of fused-ring (bicyclic) bond motifs is 1. The van der Waals surface area contributed by atoms with Crippen LogP contribution in [-0.4, -0.2) is 63.3 Å². The minimum absolute atomic E-state index is 0. The fourth-order valence-electron chi connectivity index (χ4n) is 4.26. The monoisotopic (exact) mass is 499 g/mol. The highest BCUT2D eigenvalue weighted by atomic mass is 32.2. The van der Waals surface area contributed by atoms with Crippen molar-refractivity contribution < 1.29 is 14.3 Å². The van der Waals surface area contributed by atoms with E-state index in [0.29, 0.717) is 23.5 Å². The highest BCUT2D eigenvalue weighted by Crippen LogP contribution is 2.38. The third kappa shape index (κ3) is 6.68. The van der Waals surface area contributed by atoms with Gasteiger partial charge in [0.15, 0.2) is 11.5 Å². The molecule has 2 aliphatic heterocycles. The molecule has 1 N–H and O–H groups in total. The normalized spacial score (nSPS) is 17.1. The Morgan fingerprint density at radius 1 is 1.29 bits per heavy atom. The second-order valence-corrected chi connectivity index (χ2v) is 10.2. The average Bonchev–Trinajstić information content (AvgIpc) is 3.38. The van der Waals surface area contributed by atoms with E-state index in [9.17, 15) is 4.79 Å². The van der Waals surface area contributed by atoms with Crippen molar-refractivity contribution in [1.82, 2.24) is 19.5 Å². The number of hydrogen-bond donors (Lipinski definition) is 1. The molecule has 1 unspecified atom stereocenters. The Morgan fingerprint density at radius 3 is 2.77 bits per heavy atom. The van der Waals surface area contributed by atoms with Gasteiger partial charge >= 0.3 is 0 Å². The summed E-state index contributed by atoms with van der Waals surface area (Å²) in [6, 6.07) is 11.2. The number of likely N-dealkylation sites (tertiary alicyclic amines) is 1. The number of aromatic nitrogens is 3. The van der Waals surface area contributed by atoms with E-state index in [4.69, 9.17) is 9.47 Å². The SMILES string of the molecule is C.C=S(CN1CCC2(COC2)C1)Nc1cn2nc(Oc3cccc(CC(C)=O)c3)ccc2n1.CC. The summed E-state index contributed by atoms with van der Waals surface area (Å²) in [7, 11) is -0.270. The highest BCUT2D eigenvalue weighted by molar-refractivity contribution is 8.15. The summed E-state index contributed by atoms with van der Waals surface area (Å²) in [4.78, 5) is 18.4. The molecule has 2 aromatic heterocycles. The quantitative estimate of drug-likeness (QED) is 0.436. The number of benzene rings is 1. The summed E-state index contributed by atoms with van der Waals surface area (Å²) in [5.41, 5.74) is 2.04. The first kappa shape index (κ1) is 26.8. The number of ketones is 1. The zero-order valence-corrected chi connectivity index (χ0v) is 20.9. The zero-order chi connectivity index (χ0) is 24.1. The highest BCUT2D eigenvalue weighted by Gasteiger charge is 2.44. The maximum Gasteiger partial charge on any atom is 0.237 e. The van der Waals surface area contributed by atoms with Gasteiger partial charge in [-0.1, -0.05) is 49.9 Å². The predicted molar refractivity (Wildman–Crippen MR) is 145 cm³/mol. The Hall–Kier alpha value is -2.75. The van der Waals surface area contributed by atoms with E-state index < -0.39 is 0 Å². The number of carbonyl (C=O) groups excluding carboxylic acids is 1. The van der Waals surface area contributed by atoms with Crippen molar-refractivity contribution in [2.45, 2.75) is 41.0 Å². The number of rotatable bonds is 8. The molecule has 0 bridgehead atoms. The second-order valence-electron chi connectivity index (χ2n) is 8.75. The molecule has 2 aliphatic rings. The van der Waals surface area contributed by atoms with Gasteiger partial charge in [0, 0.05) is 24.4 Å². The molecule has 2 fully saturated rings. The van der Waals surface area contributed by atoms with Crippen molar-refractivity contribution in [2.24, 2.45) is 5.41 Å². The van der Waals surface area contributed by atoms with Gasteiger partial charge in [0.2, 0.25) is 5.88 Å². The molecule has 35 heavy (non-hydrogen) atoms. The van der Waals surface area contributed by atoms with E-state index in [1.807, 2.05) is 50.4 Å². The molecule has 1 spiro atoms. The van der Waals surface area contributed by atoms with Crippen LogP contribution in [0, 0.1) is 5.41 Å². The lowest BCUT2D eigenvalue weighted by molar-refractivity contribution is -0.116. The molecule has 4 heterocycles. The first-order valence-electron chi connectivity index (χ1n) is 11.7. The fraction of sp³-hybridized carbons (Fsp3) is 0.462. The Bertz CT molecular complexity index is 1170. The number of nitrogens with zero attached hydrogens (tertiary/aromatic N) is 4. The molecule has 0 radical (unpaired) electrons. The van der Waals surface area contributed by atoms with Crippen LogP contribution in [0.25, 0.3) is 5.65 Å². The van der Waals surface area contributed by atoms with Gasteiger partial charge in [0.05, 0.1) is 25.3 Å². The molecular weight excluding hydrogens is 462 g/mol. The van der Waals surface area contributed by atoms with Crippen LogP contribution in [-0.2, 0) is 16.0 Å². The number of Topliss-reactive ketones (excluding diaryl/α,β-unsaturated/α-hetero) is 1. The van der Waals surface area contributed by atoms with Crippen LogP contribution in [0.3, 0.4) is 0 Å². The van der Waals surface area contributed by atoms with E-state index in [1.54, 1.807) is 17.5 Å². The van der Waals surface area contributed by atoms with Crippen molar-refractivity contribution in [3.8, 4) is 11.6 Å². The van der Waals surface area contributed by atoms with Gasteiger partial charge < -0.3 is 14.2 Å². The molecule has 0 saturated carbocycles. The molecule has 1 aromatic carbocycles. The van der Waals surface area contributed by atoms with Gasteiger partial charge in [-0.15, -0.1) is 5.10 Å². The largest absolute Gasteiger partial charge is 0.438 e. The maximum absolute atomic E-state index is 11.4. The Labute approximate surface area is 210 Å². The number of nitrogens with one attached hydrogen (secondary N) is 1. The van der Waals surface area contributed by atoms with Crippen LogP contribution >= 0.6 is 10.7 Å². The van der Waals surface area contributed by atoms with Crippen molar-refractivity contribution in [3.63, 3.8) is 0 Å². The first-order chi connectivity index (χ1) is 16.5. The standard InChI is InChI=1S/C23H27N5O3S.C2H6.CH4/c1-17(29)10-18-4-3-5-19(11-18)31-22-7-6-21-24-20(12-28(21)25-22)26-32(2)16-27-9-8-23(13-27)14-30-15-23;1-2;/h3-7,11-12,26H,2,8-10,13-16H2,1H3;1-2H3;1H4. The van der Waals surface area contributed by atoms with Crippen molar-refractivity contribution in [3.05, 3.63) is 48.2 Å². The Kier molecular flexibility index (Phi) is 9.04. The number of ether oxygens (including phenoxy) is 2. The van der Waals surface area contributed by atoms with Gasteiger partial charge in [-0.05, 0) is 43.7 Å². The van der Waals surface area contributed by atoms with Crippen LogP contribution in [0.5, 0.6) is 11.6 Å². The summed E-state index contributed by atoms with van der Waals surface area (Å²) < 4.78 is 16.4. The van der Waals surface area contributed by atoms with Gasteiger partial charge in [0.25, 0.3) is 0 Å². The summed E-state index contributed by atoms with van der Waals surface area (Å²) in [5, 5.41) is 4.51. The molecule has 8 nitrogen and oxygen atoms in total. The minimum atomic E-state index is -0.270. The summed E-state index contributed by atoms with van der Waals surface area (Å²) >= 11 is 0. The van der Waals surface area contributed by atoms with Crippen molar-refractivity contribution >= 4 is 33.8 Å². The lowest BCUT2D eigenvalue weighted by Crippen LogP contribution is -2.44. The lowest BCUT2D eigenvalue weighted by atomic mass is 9.85. The number of anilines is 1. The molecule has 3 aromatic rings. The molecular formula is C26H37N5O3S. The maximum atomic E-state index is 11.4. The smallest absolute Gasteiger partial charge is 0.237 e. The number of carbonyl (C=O) groups is 1.